The highest BCUT2D eigenvalue weighted by atomic mass is 32.2. The van der Waals surface area contributed by atoms with E-state index in [0.717, 1.165) is 0 Å². The average Bonchev–Trinajstić information content (AvgIpc) is 2.37. The van der Waals surface area contributed by atoms with Crippen molar-refractivity contribution in [1.29, 1.82) is 0 Å². The lowest BCUT2D eigenvalue weighted by Gasteiger charge is -2.15. The number of amides is 1. The molecular formula is C13H21N3O2S. The van der Waals surface area contributed by atoms with E-state index in [9.17, 15) is 9.00 Å². The van der Waals surface area contributed by atoms with Crippen LogP contribution in [0.25, 0.3) is 0 Å². The Labute approximate surface area is 116 Å². The number of aromatic nitrogens is 1. The maximum atomic E-state index is 12.1. The summed E-state index contributed by atoms with van der Waals surface area (Å²) in [5.41, 5.74) is 0.536. The van der Waals surface area contributed by atoms with Crippen LogP contribution in [-0.4, -0.2) is 39.7 Å². The largest absolute Gasteiger partial charge is 0.370 e. The van der Waals surface area contributed by atoms with E-state index in [4.69, 9.17) is 0 Å². The van der Waals surface area contributed by atoms with E-state index < -0.39 is 10.8 Å². The van der Waals surface area contributed by atoms with Crippen LogP contribution in [0.4, 0.5) is 5.82 Å². The fourth-order valence-corrected chi connectivity index (χ4v) is 2.30. The van der Waals surface area contributed by atoms with Crippen molar-refractivity contribution < 1.29 is 9.00 Å². The number of nitrogens with one attached hydrogen (secondary N) is 2. The highest BCUT2D eigenvalue weighted by Crippen LogP contribution is 2.11. The first kappa shape index (κ1) is 15.6. The molecular weight excluding hydrogens is 262 g/mol. The number of hydrogen-bond acceptors (Lipinski definition) is 4. The van der Waals surface area contributed by atoms with Crippen molar-refractivity contribution in [3.8, 4) is 0 Å². The zero-order chi connectivity index (χ0) is 14.3. The molecule has 0 saturated carbocycles. The Morgan fingerprint density at radius 1 is 1.53 bits per heavy atom. The molecule has 2 N–H and O–H groups in total. The Hall–Kier alpha value is -1.43. The summed E-state index contributed by atoms with van der Waals surface area (Å²) < 4.78 is 11.0. The predicted molar refractivity (Wildman–Crippen MR) is 78.9 cm³/mol. The van der Waals surface area contributed by atoms with Gasteiger partial charge in [0.15, 0.2) is 0 Å². The maximum absolute atomic E-state index is 12.1. The topological polar surface area (TPSA) is 71.1 Å². The molecule has 0 saturated heterocycles. The van der Waals surface area contributed by atoms with Crippen molar-refractivity contribution >= 4 is 22.5 Å². The molecule has 6 heteroatoms. The first-order valence-electron chi connectivity index (χ1n) is 6.34. The molecule has 106 valence electrons. The van der Waals surface area contributed by atoms with Crippen LogP contribution in [0.1, 0.15) is 30.6 Å². The number of rotatable bonds is 7. The molecule has 0 bridgehead atoms. The Balaban J connectivity index is 2.64. The van der Waals surface area contributed by atoms with Gasteiger partial charge >= 0.3 is 0 Å². The summed E-state index contributed by atoms with van der Waals surface area (Å²) in [5, 5.41) is 5.96. The molecule has 0 aliphatic carbocycles. The van der Waals surface area contributed by atoms with E-state index in [1.807, 2.05) is 13.8 Å². The van der Waals surface area contributed by atoms with Gasteiger partial charge in [-0.2, -0.15) is 0 Å². The highest BCUT2D eigenvalue weighted by molar-refractivity contribution is 7.84. The van der Waals surface area contributed by atoms with Crippen LogP contribution < -0.4 is 10.6 Å². The van der Waals surface area contributed by atoms with Gasteiger partial charge in [0.1, 0.15) is 5.82 Å². The van der Waals surface area contributed by atoms with Gasteiger partial charge in [0.2, 0.25) is 0 Å². The molecule has 0 aliphatic heterocycles. The molecule has 5 nitrogen and oxygen atoms in total. The predicted octanol–water partition coefficient (Wildman–Crippen LogP) is 1.40. The summed E-state index contributed by atoms with van der Waals surface area (Å²) in [6.45, 7) is 4.57. The number of carbonyl (C=O) groups excluding carboxylic acids is 1. The molecule has 0 spiro atoms. The number of carbonyl (C=O) groups is 1. The lowest BCUT2D eigenvalue weighted by molar-refractivity contribution is 0.0940. The van der Waals surface area contributed by atoms with Crippen LogP contribution in [0, 0.1) is 0 Å². The fraction of sp³-hybridized carbons (Fsp3) is 0.538. The standard InChI is InChI=1S/C13H21N3O2S/c1-4-14-12-11(6-5-8-15-12)13(17)16-10(2)7-9-19(3)18/h5-6,8,10H,4,7,9H2,1-3H3,(H,14,15)(H,16,17). The molecule has 1 aromatic heterocycles. The van der Waals surface area contributed by atoms with Crippen LogP contribution in [0.3, 0.4) is 0 Å². The fourth-order valence-electron chi connectivity index (χ4n) is 1.61. The minimum atomic E-state index is -0.829. The van der Waals surface area contributed by atoms with Crippen molar-refractivity contribution in [3.05, 3.63) is 23.9 Å². The first-order valence-corrected chi connectivity index (χ1v) is 8.07. The van der Waals surface area contributed by atoms with Crippen LogP contribution in [0.5, 0.6) is 0 Å². The van der Waals surface area contributed by atoms with Crippen LogP contribution in [0.2, 0.25) is 0 Å². The third kappa shape index (κ3) is 5.38. The summed E-state index contributed by atoms with van der Waals surface area (Å²) in [4.78, 5) is 16.3. The molecule has 1 amide bonds. The van der Waals surface area contributed by atoms with E-state index in [-0.39, 0.29) is 11.9 Å². The molecule has 0 aromatic carbocycles. The van der Waals surface area contributed by atoms with Gasteiger partial charge in [-0.3, -0.25) is 9.00 Å². The molecule has 19 heavy (non-hydrogen) atoms. The summed E-state index contributed by atoms with van der Waals surface area (Å²) >= 11 is 0. The molecule has 2 atom stereocenters. The van der Waals surface area contributed by atoms with E-state index in [1.165, 1.54) is 0 Å². The zero-order valence-electron chi connectivity index (χ0n) is 11.6. The van der Waals surface area contributed by atoms with Gasteiger partial charge in [-0.25, -0.2) is 4.98 Å². The maximum Gasteiger partial charge on any atom is 0.255 e. The van der Waals surface area contributed by atoms with Crippen molar-refractivity contribution in [2.45, 2.75) is 26.3 Å². The van der Waals surface area contributed by atoms with Gasteiger partial charge in [0, 0.05) is 41.6 Å². The molecule has 1 heterocycles. The minimum Gasteiger partial charge on any atom is -0.370 e. The SMILES string of the molecule is CCNc1ncccc1C(=O)NC(C)CCS(C)=O. The minimum absolute atomic E-state index is 0.00826. The molecule has 1 rings (SSSR count). The number of anilines is 1. The van der Waals surface area contributed by atoms with Crippen LogP contribution >= 0.6 is 0 Å². The normalized spacial score (nSPS) is 13.6. The molecule has 1 aromatic rings. The zero-order valence-corrected chi connectivity index (χ0v) is 12.4. The molecule has 0 fully saturated rings. The number of pyridine rings is 1. The van der Waals surface area contributed by atoms with Crippen molar-refractivity contribution in [1.82, 2.24) is 10.3 Å². The van der Waals surface area contributed by atoms with Gasteiger partial charge in [-0.05, 0) is 32.4 Å². The first-order chi connectivity index (χ1) is 9.04. The van der Waals surface area contributed by atoms with Crippen molar-refractivity contribution in [2.75, 3.05) is 23.9 Å². The van der Waals surface area contributed by atoms with E-state index in [1.54, 1.807) is 24.6 Å². The summed E-state index contributed by atoms with van der Waals surface area (Å²) in [6.07, 6.45) is 4.02. The number of nitrogens with zero attached hydrogens (tertiary/aromatic N) is 1. The Morgan fingerprint density at radius 3 is 2.89 bits per heavy atom. The van der Waals surface area contributed by atoms with Crippen LogP contribution in [0.15, 0.2) is 18.3 Å². The van der Waals surface area contributed by atoms with Gasteiger partial charge in [0.25, 0.3) is 5.91 Å². The van der Waals surface area contributed by atoms with Crippen molar-refractivity contribution in [3.63, 3.8) is 0 Å². The average molecular weight is 283 g/mol. The monoisotopic (exact) mass is 283 g/mol. The van der Waals surface area contributed by atoms with Gasteiger partial charge in [0.05, 0.1) is 5.56 Å². The quantitative estimate of drug-likeness (QED) is 0.793. The summed E-state index contributed by atoms with van der Waals surface area (Å²) in [7, 11) is -0.829. The molecule has 0 aliphatic rings. The second-order valence-electron chi connectivity index (χ2n) is 4.37. The van der Waals surface area contributed by atoms with Gasteiger partial charge < -0.3 is 10.6 Å². The second kappa shape index (κ2) is 7.89. The molecule has 0 radical (unpaired) electrons. The van der Waals surface area contributed by atoms with Gasteiger partial charge in [-0.15, -0.1) is 0 Å². The Bertz CT molecular complexity index is 451. The number of hydrogen-bond donors (Lipinski definition) is 2. The lowest BCUT2D eigenvalue weighted by Crippen LogP contribution is -2.34. The second-order valence-corrected chi connectivity index (χ2v) is 5.93. The Kier molecular flexibility index (Phi) is 6.49. The van der Waals surface area contributed by atoms with Crippen LogP contribution in [-0.2, 0) is 10.8 Å². The Morgan fingerprint density at radius 2 is 2.26 bits per heavy atom. The smallest absolute Gasteiger partial charge is 0.255 e. The third-order valence-corrected chi connectivity index (χ3v) is 3.42. The summed E-state index contributed by atoms with van der Waals surface area (Å²) in [6, 6.07) is 3.47. The van der Waals surface area contributed by atoms with Crippen molar-refractivity contribution in [2.24, 2.45) is 0 Å². The molecule has 2 unspecified atom stereocenters. The lowest BCUT2D eigenvalue weighted by atomic mass is 10.2. The third-order valence-electron chi connectivity index (χ3n) is 2.61. The van der Waals surface area contributed by atoms with E-state index in [2.05, 4.69) is 15.6 Å². The highest BCUT2D eigenvalue weighted by Gasteiger charge is 2.14. The van der Waals surface area contributed by atoms with E-state index >= 15 is 0 Å². The summed E-state index contributed by atoms with van der Waals surface area (Å²) in [5.74, 6) is 1.03. The van der Waals surface area contributed by atoms with E-state index in [0.29, 0.717) is 30.1 Å². The van der Waals surface area contributed by atoms with Gasteiger partial charge in [-0.1, -0.05) is 0 Å².